The Labute approximate surface area is 132 Å². The van der Waals surface area contributed by atoms with Gasteiger partial charge in [0.2, 0.25) is 5.91 Å². The second-order valence-corrected chi connectivity index (χ2v) is 6.28. The molecule has 1 aromatic carbocycles. The summed E-state index contributed by atoms with van der Waals surface area (Å²) in [6.45, 7) is 3.12. The van der Waals surface area contributed by atoms with Crippen molar-refractivity contribution in [3.8, 4) is 0 Å². The number of hydrogen-bond acceptors (Lipinski definition) is 3. The van der Waals surface area contributed by atoms with Gasteiger partial charge in [-0.2, -0.15) is 0 Å². The van der Waals surface area contributed by atoms with E-state index in [0.29, 0.717) is 17.5 Å². The standard InChI is InChI=1S/C16H23N3O.ClH/c17-15-6-2-5-13-9-19(10-14(13)15)8-11-3-1-4-12(7-11)16(18)20;/h1,3-4,7,13-15H,2,5-6,8-10,17H2,(H2,18,20);1H. The fraction of sp³-hybridized carbons (Fsp3) is 0.562. The van der Waals surface area contributed by atoms with Crippen molar-refractivity contribution in [1.29, 1.82) is 0 Å². The topological polar surface area (TPSA) is 72.4 Å². The molecule has 0 radical (unpaired) electrons. The summed E-state index contributed by atoms with van der Waals surface area (Å²) in [6.07, 6.45) is 3.76. The number of rotatable bonds is 3. The summed E-state index contributed by atoms with van der Waals surface area (Å²) in [5.74, 6) is 1.06. The predicted octanol–water partition coefficient (Wildman–Crippen LogP) is 1.77. The molecule has 3 atom stereocenters. The fourth-order valence-corrected chi connectivity index (χ4v) is 3.82. The fourth-order valence-electron chi connectivity index (χ4n) is 3.82. The zero-order valence-corrected chi connectivity index (χ0v) is 13.0. The van der Waals surface area contributed by atoms with Gasteiger partial charge in [0.15, 0.2) is 0 Å². The van der Waals surface area contributed by atoms with Crippen LogP contribution in [0.3, 0.4) is 0 Å². The maximum absolute atomic E-state index is 11.2. The highest BCUT2D eigenvalue weighted by Crippen LogP contribution is 2.36. The van der Waals surface area contributed by atoms with Gasteiger partial charge < -0.3 is 11.5 Å². The van der Waals surface area contributed by atoms with Crippen LogP contribution in [0.25, 0.3) is 0 Å². The van der Waals surface area contributed by atoms with Gasteiger partial charge in [0, 0.05) is 31.2 Å². The molecule has 2 fully saturated rings. The van der Waals surface area contributed by atoms with Crippen LogP contribution in [-0.4, -0.2) is 29.9 Å². The molecular formula is C16H24ClN3O. The van der Waals surface area contributed by atoms with Crippen LogP contribution >= 0.6 is 12.4 Å². The van der Waals surface area contributed by atoms with Crippen molar-refractivity contribution in [3.05, 3.63) is 35.4 Å². The van der Waals surface area contributed by atoms with Gasteiger partial charge in [-0.15, -0.1) is 12.4 Å². The van der Waals surface area contributed by atoms with E-state index in [0.717, 1.165) is 31.1 Å². The molecule has 3 unspecified atom stereocenters. The molecule has 4 N–H and O–H groups in total. The van der Waals surface area contributed by atoms with Gasteiger partial charge in [-0.3, -0.25) is 9.69 Å². The predicted molar refractivity (Wildman–Crippen MR) is 86.3 cm³/mol. The highest BCUT2D eigenvalue weighted by molar-refractivity contribution is 5.92. The second kappa shape index (κ2) is 6.77. The van der Waals surface area contributed by atoms with Gasteiger partial charge >= 0.3 is 0 Å². The van der Waals surface area contributed by atoms with E-state index in [2.05, 4.69) is 11.0 Å². The van der Waals surface area contributed by atoms with E-state index in [1.54, 1.807) is 6.07 Å². The van der Waals surface area contributed by atoms with Gasteiger partial charge in [0.1, 0.15) is 0 Å². The number of amides is 1. The minimum absolute atomic E-state index is 0. The van der Waals surface area contributed by atoms with E-state index in [4.69, 9.17) is 11.5 Å². The smallest absolute Gasteiger partial charge is 0.248 e. The molecule has 0 bridgehead atoms. The molecule has 5 heteroatoms. The highest BCUT2D eigenvalue weighted by atomic mass is 35.5. The number of carbonyl (C=O) groups excluding carboxylic acids is 1. The Hall–Kier alpha value is -1.10. The summed E-state index contributed by atoms with van der Waals surface area (Å²) in [6, 6.07) is 8.02. The molecule has 1 aliphatic heterocycles. The lowest BCUT2D eigenvalue weighted by atomic mass is 9.78. The molecule has 1 aliphatic carbocycles. The van der Waals surface area contributed by atoms with Gasteiger partial charge in [-0.1, -0.05) is 18.6 Å². The van der Waals surface area contributed by atoms with Crippen LogP contribution in [0.1, 0.15) is 35.2 Å². The van der Waals surface area contributed by atoms with Crippen LogP contribution in [0.15, 0.2) is 24.3 Å². The van der Waals surface area contributed by atoms with Crippen molar-refractivity contribution >= 4 is 18.3 Å². The quantitative estimate of drug-likeness (QED) is 0.893. The normalized spacial score (nSPS) is 28.7. The number of likely N-dealkylation sites (tertiary alicyclic amines) is 1. The lowest BCUT2D eigenvalue weighted by molar-refractivity contribution is 0.1000. The number of primary amides is 1. The van der Waals surface area contributed by atoms with Gasteiger partial charge in [-0.05, 0) is 42.4 Å². The lowest BCUT2D eigenvalue weighted by Crippen LogP contribution is -2.38. The average molecular weight is 310 g/mol. The Morgan fingerprint density at radius 2 is 2.10 bits per heavy atom. The lowest BCUT2D eigenvalue weighted by Gasteiger charge is -2.29. The molecule has 1 saturated heterocycles. The van der Waals surface area contributed by atoms with E-state index in [-0.39, 0.29) is 18.3 Å². The molecule has 2 aliphatic rings. The first-order valence-electron chi connectivity index (χ1n) is 7.50. The van der Waals surface area contributed by atoms with Crippen LogP contribution in [-0.2, 0) is 6.54 Å². The third-order valence-electron chi connectivity index (χ3n) is 4.85. The molecule has 0 spiro atoms. The third kappa shape index (κ3) is 3.57. The molecule has 1 aromatic rings. The van der Waals surface area contributed by atoms with Gasteiger partial charge in [-0.25, -0.2) is 0 Å². The molecule has 1 saturated carbocycles. The molecule has 1 amide bonds. The Kier molecular flexibility index (Phi) is 5.25. The Morgan fingerprint density at radius 1 is 1.29 bits per heavy atom. The summed E-state index contributed by atoms with van der Waals surface area (Å²) < 4.78 is 0. The largest absolute Gasteiger partial charge is 0.366 e. The van der Waals surface area contributed by atoms with Crippen LogP contribution in [0.4, 0.5) is 0 Å². The summed E-state index contributed by atoms with van der Waals surface area (Å²) in [7, 11) is 0. The van der Waals surface area contributed by atoms with E-state index in [1.807, 2.05) is 12.1 Å². The molecule has 116 valence electrons. The summed E-state index contributed by atoms with van der Waals surface area (Å²) in [5, 5.41) is 0. The molecule has 4 nitrogen and oxygen atoms in total. The Morgan fingerprint density at radius 3 is 2.81 bits per heavy atom. The van der Waals surface area contributed by atoms with Crippen molar-refractivity contribution < 1.29 is 4.79 Å². The zero-order chi connectivity index (χ0) is 14.1. The van der Waals surface area contributed by atoms with Crippen molar-refractivity contribution in [2.24, 2.45) is 23.3 Å². The first-order chi connectivity index (χ1) is 9.63. The number of nitrogens with zero attached hydrogens (tertiary/aromatic N) is 1. The highest BCUT2D eigenvalue weighted by Gasteiger charge is 2.38. The van der Waals surface area contributed by atoms with Crippen LogP contribution in [0.5, 0.6) is 0 Å². The number of fused-ring (bicyclic) bond motifs is 1. The summed E-state index contributed by atoms with van der Waals surface area (Å²) >= 11 is 0. The Bertz CT molecular complexity index is 508. The molecular weight excluding hydrogens is 286 g/mol. The van der Waals surface area contributed by atoms with E-state index in [1.165, 1.54) is 19.3 Å². The maximum Gasteiger partial charge on any atom is 0.248 e. The van der Waals surface area contributed by atoms with Crippen molar-refractivity contribution in [1.82, 2.24) is 4.90 Å². The van der Waals surface area contributed by atoms with E-state index >= 15 is 0 Å². The van der Waals surface area contributed by atoms with Crippen molar-refractivity contribution in [2.75, 3.05) is 13.1 Å². The first kappa shape index (κ1) is 16.3. The number of halogens is 1. The summed E-state index contributed by atoms with van der Waals surface area (Å²) in [5.41, 5.74) is 13.3. The maximum atomic E-state index is 11.2. The number of hydrogen-bond donors (Lipinski definition) is 2. The number of nitrogens with two attached hydrogens (primary N) is 2. The zero-order valence-electron chi connectivity index (χ0n) is 12.2. The molecule has 21 heavy (non-hydrogen) atoms. The van der Waals surface area contributed by atoms with Crippen LogP contribution < -0.4 is 11.5 Å². The SMILES string of the molecule is Cl.NC(=O)c1cccc(CN2CC3CCCC(N)C3C2)c1. The van der Waals surface area contributed by atoms with Crippen molar-refractivity contribution in [2.45, 2.75) is 31.8 Å². The van der Waals surface area contributed by atoms with E-state index < -0.39 is 0 Å². The minimum Gasteiger partial charge on any atom is -0.366 e. The molecule has 3 rings (SSSR count). The Balaban J connectivity index is 0.00000161. The second-order valence-electron chi connectivity index (χ2n) is 6.28. The monoisotopic (exact) mass is 309 g/mol. The van der Waals surface area contributed by atoms with E-state index in [9.17, 15) is 4.79 Å². The molecule has 1 heterocycles. The summed E-state index contributed by atoms with van der Waals surface area (Å²) in [4.78, 5) is 13.7. The molecule has 0 aromatic heterocycles. The van der Waals surface area contributed by atoms with Crippen molar-refractivity contribution in [3.63, 3.8) is 0 Å². The first-order valence-corrected chi connectivity index (χ1v) is 7.50. The number of benzene rings is 1. The van der Waals surface area contributed by atoms with Crippen LogP contribution in [0, 0.1) is 11.8 Å². The van der Waals surface area contributed by atoms with Gasteiger partial charge in [0.25, 0.3) is 0 Å². The average Bonchev–Trinajstić information content (AvgIpc) is 2.83. The number of carbonyl (C=O) groups is 1. The minimum atomic E-state index is -0.357. The third-order valence-corrected chi connectivity index (χ3v) is 4.85. The van der Waals surface area contributed by atoms with Gasteiger partial charge in [0.05, 0.1) is 0 Å². The van der Waals surface area contributed by atoms with Crippen LogP contribution in [0.2, 0.25) is 0 Å².